The number of hydrogen-bond acceptors (Lipinski definition) is 1. The molecule has 2 rings (SSSR count). The van der Waals surface area contributed by atoms with Crippen LogP contribution in [0.25, 0.3) is 11.1 Å². The first-order valence-electron chi connectivity index (χ1n) is 4.19. The van der Waals surface area contributed by atoms with Gasteiger partial charge in [0, 0.05) is 0 Å². The smallest absolute Gasteiger partial charge is 0.303 e. The van der Waals surface area contributed by atoms with Gasteiger partial charge >= 0.3 is 7.82 Å². The van der Waals surface area contributed by atoms with Crippen LogP contribution < -0.4 is 0 Å². The maximum atomic E-state index is 8.88. The summed E-state index contributed by atoms with van der Waals surface area (Å²) in [6, 6.07) is 16.7. The van der Waals surface area contributed by atoms with Gasteiger partial charge in [0.1, 0.15) is 0 Å². The molecule has 0 saturated heterocycles. The maximum absolute atomic E-state index is 8.88. The highest BCUT2D eigenvalue weighted by molar-refractivity contribution is 7.45. The molecule has 0 aliphatic heterocycles. The lowest BCUT2D eigenvalue weighted by molar-refractivity contribution is 0.275. The summed E-state index contributed by atoms with van der Waals surface area (Å²) < 4.78 is 8.88. The van der Waals surface area contributed by atoms with E-state index in [1.807, 2.05) is 6.07 Å². The summed E-state index contributed by atoms with van der Waals surface area (Å²) in [7, 11) is -4.64. The van der Waals surface area contributed by atoms with E-state index >= 15 is 0 Å². The minimum Gasteiger partial charge on any atom is -0.303 e. The summed E-state index contributed by atoms with van der Waals surface area (Å²) in [4.78, 5) is 21.6. The molecule has 0 aromatic carbocycles. The van der Waals surface area contributed by atoms with Crippen LogP contribution >= 0.6 is 7.82 Å². The maximum Gasteiger partial charge on any atom is 0.466 e. The van der Waals surface area contributed by atoms with Gasteiger partial charge in [0.2, 0.25) is 0 Å². The molecule has 0 fully saturated rings. The second-order valence-electron chi connectivity index (χ2n) is 2.86. The molecule has 0 amide bonds. The Morgan fingerprint density at radius 3 is 1.47 bits per heavy atom. The standard InChI is InChI=1S/C10H8.H3O4P/c1-2-5-9-7-4-8-10(9)6-3-1;1-5(2,3)4/h1-8H;(H3,1,2,3,4). The van der Waals surface area contributed by atoms with Gasteiger partial charge in [-0.3, -0.25) is 0 Å². The van der Waals surface area contributed by atoms with Crippen LogP contribution in [0, 0.1) is 0 Å². The highest BCUT2D eigenvalue weighted by Gasteiger charge is 2.00. The van der Waals surface area contributed by atoms with E-state index in [4.69, 9.17) is 19.2 Å². The van der Waals surface area contributed by atoms with E-state index in [0.717, 1.165) is 0 Å². The molecule has 0 bridgehead atoms. The van der Waals surface area contributed by atoms with E-state index in [1.54, 1.807) is 0 Å². The molecule has 0 atom stereocenters. The van der Waals surface area contributed by atoms with Gasteiger partial charge in [-0.15, -0.1) is 0 Å². The van der Waals surface area contributed by atoms with Crippen molar-refractivity contribution < 1.29 is 19.2 Å². The van der Waals surface area contributed by atoms with Crippen molar-refractivity contribution in [3.8, 4) is 11.1 Å². The van der Waals surface area contributed by atoms with E-state index in [0.29, 0.717) is 0 Å². The highest BCUT2D eigenvalue weighted by atomic mass is 31.2. The molecule has 80 valence electrons. The van der Waals surface area contributed by atoms with Crippen LogP contribution in [-0.4, -0.2) is 14.7 Å². The number of phosphoric acid groups is 1. The molecule has 0 aromatic heterocycles. The average Bonchev–Trinajstić information content (AvgIpc) is 2.40. The Bertz CT molecular complexity index is 401. The summed E-state index contributed by atoms with van der Waals surface area (Å²) in [6.45, 7) is 0. The van der Waals surface area contributed by atoms with Crippen LogP contribution in [0.15, 0.2) is 48.5 Å². The van der Waals surface area contributed by atoms with Crippen molar-refractivity contribution in [2.24, 2.45) is 0 Å². The van der Waals surface area contributed by atoms with Gasteiger partial charge in [-0.05, 0) is 11.1 Å². The molecule has 2 aliphatic rings. The lowest BCUT2D eigenvalue weighted by Crippen LogP contribution is -1.66. The van der Waals surface area contributed by atoms with Crippen molar-refractivity contribution in [2.45, 2.75) is 0 Å². The largest absolute Gasteiger partial charge is 0.466 e. The van der Waals surface area contributed by atoms with E-state index in [1.165, 1.54) is 11.1 Å². The van der Waals surface area contributed by atoms with Crippen LogP contribution in [0.3, 0.4) is 0 Å². The van der Waals surface area contributed by atoms with Crippen LogP contribution in [0.5, 0.6) is 0 Å². The van der Waals surface area contributed by atoms with Crippen molar-refractivity contribution in [3.05, 3.63) is 48.5 Å². The Balaban J connectivity index is 0.000000195. The van der Waals surface area contributed by atoms with Crippen LogP contribution in [0.2, 0.25) is 0 Å². The summed E-state index contributed by atoms with van der Waals surface area (Å²) in [6.07, 6.45) is 0. The van der Waals surface area contributed by atoms with Crippen LogP contribution in [-0.2, 0) is 4.57 Å². The number of fused-ring (bicyclic) bond motifs is 1. The Morgan fingerprint density at radius 2 is 1.07 bits per heavy atom. The third-order valence-corrected chi connectivity index (χ3v) is 1.66. The summed E-state index contributed by atoms with van der Waals surface area (Å²) in [5.74, 6) is 0. The minimum atomic E-state index is -4.64. The Morgan fingerprint density at radius 1 is 0.733 bits per heavy atom. The summed E-state index contributed by atoms with van der Waals surface area (Å²) >= 11 is 0. The third kappa shape index (κ3) is 5.30. The van der Waals surface area contributed by atoms with Crippen molar-refractivity contribution in [2.75, 3.05) is 0 Å². The van der Waals surface area contributed by atoms with E-state index in [9.17, 15) is 0 Å². The van der Waals surface area contributed by atoms with Gasteiger partial charge in [-0.25, -0.2) is 4.57 Å². The Kier molecular flexibility index (Phi) is 4.00. The molecule has 2 aliphatic carbocycles. The van der Waals surface area contributed by atoms with Gasteiger partial charge < -0.3 is 14.7 Å². The van der Waals surface area contributed by atoms with Gasteiger partial charge in [-0.2, -0.15) is 0 Å². The second kappa shape index (κ2) is 5.05. The molecule has 4 nitrogen and oxygen atoms in total. The number of hydrogen-bond donors (Lipinski definition) is 3. The fourth-order valence-corrected chi connectivity index (χ4v) is 1.13. The van der Waals surface area contributed by atoms with Crippen molar-refractivity contribution in [1.29, 1.82) is 0 Å². The molecule has 3 N–H and O–H groups in total. The molecule has 0 spiro atoms. The molecular weight excluding hydrogens is 215 g/mol. The summed E-state index contributed by atoms with van der Waals surface area (Å²) in [5, 5.41) is 0. The minimum absolute atomic E-state index is 1.31. The summed E-state index contributed by atoms with van der Waals surface area (Å²) in [5.41, 5.74) is 2.62. The van der Waals surface area contributed by atoms with Gasteiger partial charge in [0.25, 0.3) is 0 Å². The number of rotatable bonds is 0. The Labute approximate surface area is 87.4 Å². The molecule has 0 saturated carbocycles. The SMILES string of the molecule is O=P(O)(O)O.c1ccc2cccc-2cc1. The molecule has 15 heavy (non-hydrogen) atoms. The lowest BCUT2D eigenvalue weighted by atomic mass is 10.2. The van der Waals surface area contributed by atoms with Crippen LogP contribution in [0.1, 0.15) is 0 Å². The zero-order chi connectivity index (χ0) is 11.3. The molecule has 0 radical (unpaired) electrons. The first-order chi connectivity index (χ1) is 6.97. The predicted molar refractivity (Wildman–Crippen MR) is 57.3 cm³/mol. The van der Waals surface area contributed by atoms with E-state index in [2.05, 4.69) is 42.5 Å². The van der Waals surface area contributed by atoms with E-state index < -0.39 is 7.82 Å². The molecule has 5 heteroatoms. The molecule has 0 aromatic rings. The van der Waals surface area contributed by atoms with E-state index in [-0.39, 0.29) is 0 Å². The Hall–Kier alpha value is -1.19. The zero-order valence-corrected chi connectivity index (χ0v) is 8.71. The van der Waals surface area contributed by atoms with Gasteiger partial charge in [0.05, 0.1) is 0 Å². The lowest BCUT2D eigenvalue weighted by Gasteiger charge is -1.85. The highest BCUT2D eigenvalue weighted by Crippen LogP contribution is 2.25. The quantitative estimate of drug-likeness (QED) is 0.599. The van der Waals surface area contributed by atoms with Crippen molar-refractivity contribution in [3.63, 3.8) is 0 Å². The first-order valence-corrected chi connectivity index (χ1v) is 5.75. The zero-order valence-electron chi connectivity index (χ0n) is 7.82. The molecular formula is C10H11O4P. The second-order valence-corrected chi connectivity index (χ2v) is 3.89. The normalized spacial score (nSPS) is 10.6. The van der Waals surface area contributed by atoms with Crippen molar-refractivity contribution in [1.82, 2.24) is 0 Å². The monoisotopic (exact) mass is 226 g/mol. The predicted octanol–water partition coefficient (Wildman–Crippen LogP) is 1.86. The van der Waals surface area contributed by atoms with Gasteiger partial charge in [-0.1, -0.05) is 48.5 Å². The van der Waals surface area contributed by atoms with Gasteiger partial charge in [0.15, 0.2) is 0 Å². The average molecular weight is 226 g/mol. The fourth-order valence-electron chi connectivity index (χ4n) is 1.13. The topological polar surface area (TPSA) is 77.8 Å². The van der Waals surface area contributed by atoms with Crippen LogP contribution in [0.4, 0.5) is 0 Å². The third-order valence-electron chi connectivity index (χ3n) is 1.66. The molecule has 0 heterocycles. The molecule has 0 unspecified atom stereocenters. The first kappa shape index (κ1) is 11.9. The van der Waals surface area contributed by atoms with Crippen molar-refractivity contribution >= 4 is 7.82 Å². The fraction of sp³-hybridized carbons (Fsp3) is 0.